The number of benzene rings is 2. The summed E-state index contributed by atoms with van der Waals surface area (Å²) in [5.41, 5.74) is 4.33. The van der Waals surface area contributed by atoms with Gasteiger partial charge < -0.3 is 10.1 Å². The van der Waals surface area contributed by atoms with Crippen LogP contribution in [0, 0.1) is 13.8 Å². The minimum atomic E-state index is -0.104. The largest absolute Gasteiger partial charge is 0.489 e. The van der Waals surface area contributed by atoms with Gasteiger partial charge in [-0.1, -0.05) is 35.9 Å². The average molecular weight is 386 g/mol. The van der Waals surface area contributed by atoms with Crippen LogP contribution in [0.2, 0.25) is 5.02 Å². The highest BCUT2D eigenvalue weighted by Gasteiger charge is 2.10. The highest BCUT2D eigenvalue weighted by Crippen LogP contribution is 2.21. The van der Waals surface area contributed by atoms with Crippen molar-refractivity contribution in [1.82, 2.24) is 5.32 Å². The molecule has 1 aromatic heterocycles. The molecule has 0 spiro atoms. The summed E-state index contributed by atoms with van der Waals surface area (Å²) < 4.78 is 5.82. The molecule has 3 aromatic rings. The predicted molar refractivity (Wildman–Crippen MR) is 107 cm³/mol. The highest BCUT2D eigenvalue weighted by molar-refractivity contribution is 7.12. The van der Waals surface area contributed by atoms with Gasteiger partial charge in [0.2, 0.25) is 0 Å². The Kier molecular flexibility index (Phi) is 5.96. The van der Waals surface area contributed by atoms with Crippen molar-refractivity contribution in [2.75, 3.05) is 0 Å². The zero-order valence-electron chi connectivity index (χ0n) is 14.7. The minimum absolute atomic E-state index is 0.104. The molecule has 0 bridgehead atoms. The second-order valence-electron chi connectivity index (χ2n) is 6.13. The van der Waals surface area contributed by atoms with Crippen molar-refractivity contribution in [2.45, 2.75) is 27.0 Å². The monoisotopic (exact) mass is 385 g/mol. The second kappa shape index (κ2) is 8.39. The molecule has 0 aliphatic rings. The number of hydrogen-bond donors (Lipinski definition) is 1. The summed E-state index contributed by atoms with van der Waals surface area (Å²) in [6.07, 6.45) is 0. The molecule has 5 heteroatoms. The smallest absolute Gasteiger partial charge is 0.261 e. The molecule has 1 heterocycles. The number of ether oxygens (including phenoxy) is 1. The van der Waals surface area contributed by atoms with Gasteiger partial charge in [-0.15, -0.1) is 11.3 Å². The summed E-state index contributed by atoms with van der Waals surface area (Å²) in [6.45, 7) is 4.99. The first-order valence-electron chi connectivity index (χ1n) is 8.32. The minimum Gasteiger partial charge on any atom is -0.489 e. The van der Waals surface area contributed by atoms with E-state index in [1.54, 1.807) is 0 Å². The van der Waals surface area contributed by atoms with Crippen molar-refractivity contribution in [1.29, 1.82) is 0 Å². The quantitative estimate of drug-likeness (QED) is 0.606. The summed E-state index contributed by atoms with van der Waals surface area (Å²) in [4.78, 5) is 13.0. The van der Waals surface area contributed by atoms with Crippen LogP contribution in [0.25, 0.3) is 0 Å². The van der Waals surface area contributed by atoms with E-state index in [1.165, 1.54) is 22.5 Å². The molecule has 3 nitrogen and oxygen atoms in total. The Morgan fingerprint density at radius 3 is 2.69 bits per heavy atom. The lowest BCUT2D eigenvalue weighted by Crippen LogP contribution is -2.21. The molecule has 0 unspecified atom stereocenters. The number of hydrogen-bond acceptors (Lipinski definition) is 3. The number of amides is 1. The van der Waals surface area contributed by atoms with E-state index in [-0.39, 0.29) is 5.91 Å². The number of carbonyl (C=O) groups excluding carboxylic acids is 1. The Balaban J connectivity index is 1.56. The number of carbonyl (C=O) groups is 1. The number of aryl methyl sites for hydroxylation is 2. The third-order valence-electron chi connectivity index (χ3n) is 4.16. The third-order valence-corrected chi connectivity index (χ3v) is 5.51. The van der Waals surface area contributed by atoms with Gasteiger partial charge >= 0.3 is 0 Å². The van der Waals surface area contributed by atoms with Gasteiger partial charge in [0, 0.05) is 17.1 Å². The van der Waals surface area contributed by atoms with Crippen molar-refractivity contribution < 1.29 is 9.53 Å². The van der Waals surface area contributed by atoms with Crippen LogP contribution in [-0.4, -0.2) is 5.91 Å². The summed E-state index contributed by atoms with van der Waals surface area (Å²) in [7, 11) is 0. The van der Waals surface area contributed by atoms with Gasteiger partial charge in [-0.3, -0.25) is 4.79 Å². The van der Waals surface area contributed by atoms with E-state index in [0.717, 1.165) is 16.9 Å². The van der Waals surface area contributed by atoms with Crippen molar-refractivity contribution >= 4 is 28.8 Å². The van der Waals surface area contributed by atoms with Crippen LogP contribution in [0.5, 0.6) is 5.75 Å². The highest BCUT2D eigenvalue weighted by atomic mass is 35.5. The molecular weight excluding hydrogens is 366 g/mol. The molecule has 0 aliphatic carbocycles. The maximum Gasteiger partial charge on any atom is 0.261 e. The lowest BCUT2D eigenvalue weighted by Gasteiger charge is -2.07. The fourth-order valence-corrected chi connectivity index (χ4v) is 3.46. The third kappa shape index (κ3) is 4.65. The van der Waals surface area contributed by atoms with E-state index in [4.69, 9.17) is 16.3 Å². The molecule has 26 heavy (non-hydrogen) atoms. The summed E-state index contributed by atoms with van der Waals surface area (Å²) >= 11 is 7.53. The van der Waals surface area contributed by atoms with Crippen molar-refractivity contribution in [3.05, 3.63) is 86.1 Å². The van der Waals surface area contributed by atoms with Crippen LogP contribution in [0.15, 0.2) is 53.9 Å². The first kappa shape index (κ1) is 18.5. The van der Waals surface area contributed by atoms with Crippen molar-refractivity contribution in [2.24, 2.45) is 0 Å². The first-order chi connectivity index (χ1) is 12.5. The SMILES string of the molecule is Cc1ccc(OCc2csc(C(=O)NCc3ccccc3Cl)c2)cc1C. The molecule has 0 fully saturated rings. The molecule has 1 N–H and O–H groups in total. The molecule has 0 saturated carbocycles. The van der Waals surface area contributed by atoms with Crippen molar-refractivity contribution in [3.8, 4) is 5.75 Å². The Morgan fingerprint density at radius 2 is 1.92 bits per heavy atom. The molecule has 3 rings (SSSR count). The van der Waals surface area contributed by atoms with E-state index >= 15 is 0 Å². The predicted octanol–water partition coefficient (Wildman–Crippen LogP) is 5.53. The fraction of sp³-hybridized carbons (Fsp3) is 0.190. The second-order valence-corrected chi connectivity index (χ2v) is 7.45. The van der Waals surface area contributed by atoms with Crippen LogP contribution < -0.4 is 10.1 Å². The number of rotatable bonds is 6. The number of thiophene rings is 1. The van der Waals surface area contributed by atoms with E-state index in [9.17, 15) is 4.79 Å². The average Bonchev–Trinajstić information content (AvgIpc) is 3.11. The molecule has 0 atom stereocenters. The van der Waals surface area contributed by atoms with Crippen LogP contribution in [-0.2, 0) is 13.2 Å². The molecule has 0 saturated heterocycles. The van der Waals surface area contributed by atoms with Gasteiger partial charge in [0.1, 0.15) is 12.4 Å². The summed E-state index contributed by atoms with van der Waals surface area (Å²) in [5.74, 6) is 0.733. The zero-order chi connectivity index (χ0) is 18.5. The van der Waals surface area contributed by atoms with Gasteiger partial charge in [-0.25, -0.2) is 0 Å². The van der Waals surface area contributed by atoms with Crippen LogP contribution in [0.3, 0.4) is 0 Å². The first-order valence-corrected chi connectivity index (χ1v) is 9.58. The Bertz CT molecular complexity index is 920. The summed E-state index contributed by atoms with van der Waals surface area (Å²) in [5, 5.41) is 5.51. The summed E-state index contributed by atoms with van der Waals surface area (Å²) in [6, 6.07) is 15.4. The molecular formula is C21H20ClNO2S. The Morgan fingerprint density at radius 1 is 1.12 bits per heavy atom. The van der Waals surface area contributed by atoms with Gasteiger partial charge in [-0.2, -0.15) is 0 Å². The van der Waals surface area contributed by atoms with E-state index in [0.29, 0.717) is 23.1 Å². The fourth-order valence-electron chi connectivity index (χ4n) is 2.45. The molecule has 2 aromatic carbocycles. The number of nitrogens with one attached hydrogen (secondary N) is 1. The van der Waals surface area contributed by atoms with Gasteiger partial charge in [0.15, 0.2) is 0 Å². The van der Waals surface area contributed by atoms with Gasteiger partial charge in [-0.05, 0) is 60.2 Å². The molecule has 134 valence electrons. The maximum atomic E-state index is 12.3. The molecule has 0 radical (unpaired) electrons. The van der Waals surface area contributed by atoms with Gasteiger partial charge in [0.05, 0.1) is 4.88 Å². The van der Waals surface area contributed by atoms with Gasteiger partial charge in [0.25, 0.3) is 5.91 Å². The van der Waals surface area contributed by atoms with Crippen LogP contribution >= 0.6 is 22.9 Å². The van der Waals surface area contributed by atoms with Crippen molar-refractivity contribution in [3.63, 3.8) is 0 Å². The van der Waals surface area contributed by atoms with Crippen LogP contribution in [0.4, 0.5) is 0 Å². The molecule has 1 amide bonds. The van der Waals surface area contributed by atoms with E-state index in [2.05, 4.69) is 19.2 Å². The Hall–Kier alpha value is -2.30. The number of halogens is 1. The lowest BCUT2D eigenvalue weighted by atomic mass is 10.1. The normalized spacial score (nSPS) is 10.6. The zero-order valence-corrected chi connectivity index (χ0v) is 16.3. The maximum absolute atomic E-state index is 12.3. The van der Waals surface area contributed by atoms with Crippen LogP contribution in [0.1, 0.15) is 31.9 Å². The van der Waals surface area contributed by atoms with E-state index in [1.807, 2.05) is 53.9 Å². The molecule has 0 aliphatic heterocycles. The standard InChI is InChI=1S/C21H20ClNO2S/c1-14-7-8-18(9-15(14)2)25-12-16-10-20(26-13-16)21(24)23-11-17-5-3-4-6-19(17)22/h3-10,13H,11-12H2,1-2H3,(H,23,24). The lowest BCUT2D eigenvalue weighted by molar-refractivity contribution is 0.0955. The topological polar surface area (TPSA) is 38.3 Å². The van der Waals surface area contributed by atoms with E-state index < -0.39 is 0 Å². The Labute approximate surface area is 162 Å².